The molecule has 1 aliphatic carbocycles. The van der Waals surface area contributed by atoms with Crippen LogP contribution in [-0.4, -0.2) is 16.3 Å². The van der Waals surface area contributed by atoms with Crippen LogP contribution in [0.25, 0.3) is 11.3 Å². The molecule has 0 fully saturated rings. The number of nitrogens with two attached hydrogens (primary N) is 1. The van der Waals surface area contributed by atoms with E-state index < -0.39 is 6.36 Å². The van der Waals surface area contributed by atoms with Gasteiger partial charge in [0.25, 0.3) is 0 Å². The molecule has 0 saturated heterocycles. The van der Waals surface area contributed by atoms with Gasteiger partial charge < -0.3 is 15.2 Å². The summed E-state index contributed by atoms with van der Waals surface area (Å²) < 4.78 is 46.3. The van der Waals surface area contributed by atoms with Crippen LogP contribution in [0.1, 0.15) is 16.7 Å². The van der Waals surface area contributed by atoms with E-state index in [0.717, 1.165) is 40.8 Å². The van der Waals surface area contributed by atoms with Crippen molar-refractivity contribution in [3.63, 3.8) is 0 Å². The number of aromatic nitrogens is 2. The van der Waals surface area contributed by atoms with Crippen LogP contribution in [0, 0.1) is 0 Å². The Bertz CT molecular complexity index is 1000. The fourth-order valence-corrected chi connectivity index (χ4v) is 3.16. The second-order valence-corrected chi connectivity index (χ2v) is 6.40. The number of ether oxygens (including phenoxy) is 2. The average Bonchev–Trinajstić information content (AvgIpc) is 2.66. The van der Waals surface area contributed by atoms with Crippen LogP contribution in [0.4, 0.5) is 19.1 Å². The van der Waals surface area contributed by atoms with Crippen molar-refractivity contribution in [2.24, 2.45) is 0 Å². The summed E-state index contributed by atoms with van der Waals surface area (Å²) in [7, 11) is 0. The maximum atomic E-state index is 12.2. The monoisotopic (exact) mass is 387 g/mol. The SMILES string of the molecule is Nc1ncc2c(n1)-c1ccc(OCc3ccc(OC(F)(F)F)cc3)cc1CC2. The number of fused-ring (bicyclic) bond motifs is 3. The van der Waals surface area contributed by atoms with Gasteiger partial charge in [0, 0.05) is 11.8 Å². The Kier molecular flexibility index (Phi) is 4.54. The quantitative estimate of drug-likeness (QED) is 0.723. The van der Waals surface area contributed by atoms with Crippen molar-refractivity contribution in [3.05, 3.63) is 65.4 Å². The van der Waals surface area contributed by atoms with Crippen LogP contribution in [0.3, 0.4) is 0 Å². The first-order valence-corrected chi connectivity index (χ1v) is 8.59. The highest BCUT2D eigenvalue weighted by molar-refractivity contribution is 5.70. The lowest BCUT2D eigenvalue weighted by atomic mass is 9.90. The Morgan fingerprint density at radius 3 is 2.43 bits per heavy atom. The minimum absolute atomic E-state index is 0.233. The number of anilines is 1. The van der Waals surface area contributed by atoms with E-state index in [1.54, 1.807) is 6.20 Å². The molecule has 1 heterocycles. The largest absolute Gasteiger partial charge is 0.573 e. The molecule has 2 N–H and O–H groups in total. The summed E-state index contributed by atoms with van der Waals surface area (Å²) in [5.41, 5.74) is 10.5. The number of hydrogen-bond acceptors (Lipinski definition) is 5. The molecule has 144 valence electrons. The average molecular weight is 387 g/mol. The van der Waals surface area contributed by atoms with Crippen LogP contribution < -0.4 is 15.2 Å². The van der Waals surface area contributed by atoms with E-state index in [4.69, 9.17) is 10.5 Å². The molecular weight excluding hydrogens is 371 g/mol. The molecule has 4 rings (SSSR count). The van der Waals surface area contributed by atoms with Gasteiger partial charge in [0.1, 0.15) is 18.1 Å². The van der Waals surface area contributed by atoms with Gasteiger partial charge in [0.05, 0.1) is 5.69 Å². The third-order valence-electron chi connectivity index (χ3n) is 4.44. The molecule has 0 bridgehead atoms. The summed E-state index contributed by atoms with van der Waals surface area (Å²) in [5.74, 6) is 0.662. The third-order valence-corrected chi connectivity index (χ3v) is 4.44. The lowest BCUT2D eigenvalue weighted by Gasteiger charge is -2.19. The van der Waals surface area contributed by atoms with Crippen LogP contribution in [0.5, 0.6) is 11.5 Å². The Balaban J connectivity index is 1.46. The number of halogens is 3. The predicted molar refractivity (Wildman–Crippen MR) is 96.7 cm³/mol. The maximum absolute atomic E-state index is 12.2. The van der Waals surface area contributed by atoms with Crippen molar-refractivity contribution in [2.75, 3.05) is 5.73 Å². The number of hydrogen-bond donors (Lipinski definition) is 1. The van der Waals surface area contributed by atoms with Crippen molar-refractivity contribution >= 4 is 5.95 Å². The highest BCUT2D eigenvalue weighted by Gasteiger charge is 2.30. The van der Waals surface area contributed by atoms with Gasteiger partial charge in [-0.1, -0.05) is 12.1 Å². The summed E-state index contributed by atoms with van der Waals surface area (Å²) in [6.45, 7) is 0.233. The van der Waals surface area contributed by atoms with Gasteiger partial charge in [-0.05, 0) is 59.9 Å². The van der Waals surface area contributed by atoms with E-state index in [1.165, 1.54) is 24.3 Å². The molecule has 0 spiro atoms. The molecule has 1 aromatic heterocycles. The number of nitrogens with zero attached hydrogens (tertiary/aromatic N) is 2. The van der Waals surface area contributed by atoms with Crippen LogP contribution in [0.2, 0.25) is 0 Å². The number of nitrogen functional groups attached to an aromatic ring is 1. The van der Waals surface area contributed by atoms with E-state index in [1.807, 2.05) is 18.2 Å². The fraction of sp³-hybridized carbons (Fsp3) is 0.200. The second kappa shape index (κ2) is 7.03. The Hall–Kier alpha value is -3.29. The molecule has 28 heavy (non-hydrogen) atoms. The van der Waals surface area contributed by atoms with E-state index in [0.29, 0.717) is 5.75 Å². The molecule has 2 aromatic carbocycles. The second-order valence-electron chi connectivity index (χ2n) is 6.40. The summed E-state index contributed by atoms with van der Waals surface area (Å²) in [5, 5.41) is 0. The van der Waals surface area contributed by atoms with Gasteiger partial charge in [-0.25, -0.2) is 9.97 Å². The zero-order chi connectivity index (χ0) is 19.7. The maximum Gasteiger partial charge on any atom is 0.573 e. The Morgan fingerprint density at radius 1 is 0.964 bits per heavy atom. The Labute approximate surface area is 159 Å². The van der Waals surface area contributed by atoms with Crippen molar-refractivity contribution in [2.45, 2.75) is 25.8 Å². The molecule has 0 saturated carbocycles. The molecule has 0 radical (unpaired) electrons. The molecule has 0 aliphatic heterocycles. The van der Waals surface area contributed by atoms with Crippen LogP contribution in [-0.2, 0) is 19.4 Å². The first kappa shape index (κ1) is 18.1. The van der Waals surface area contributed by atoms with Gasteiger partial charge >= 0.3 is 6.36 Å². The highest BCUT2D eigenvalue weighted by Crippen LogP contribution is 2.34. The normalized spacial score (nSPS) is 12.8. The van der Waals surface area contributed by atoms with E-state index in [2.05, 4.69) is 14.7 Å². The lowest BCUT2D eigenvalue weighted by Crippen LogP contribution is -2.17. The third kappa shape index (κ3) is 4.00. The smallest absolute Gasteiger partial charge is 0.489 e. The molecule has 8 heteroatoms. The minimum atomic E-state index is -4.70. The summed E-state index contributed by atoms with van der Waals surface area (Å²) in [4.78, 5) is 8.39. The molecule has 1 aliphatic rings. The first-order chi connectivity index (χ1) is 13.4. The molecule has 0 unspecified atom stereocenters. The molecule has 0 atom stereocenters. The highest BCUT2D eigenvalue weighted by atomic mass is 19.4. The molecule has 5 nitrogen and oxygen atoms in total. The van der Waals surface area contributed by atoms with Crippen LogP contribution in [0.15, 0.2) is 48.7 Å². The molecular formula is C20H16F3N3O2. The molecule has 3 aromatic rings. The van der Waals surface area contributed by atoms with Crippen molar-refractivity contribution in [3.8, 4) is 22.8 Å². The topological polar surface area (TPSA) is 70.3 Å². The summed E-state index contributed by atoms with van der Waals surface area (Å²) in [6, 6.07) is 11.3. The fourth-order valence-electron chi connectivity index (χ4n) is 3.16. The van der Waals surface area contributed by atoms with Gasteiger partial charge in [0.2, 0.25) is 5.95 Å². The van der Waals surface area contributed by atoms with E-state index in [9.17, 15) is 13.2 Å². The number of benzene rings is 2. The predicted octanol–water partition coefficient (Wildman–Crippen LogP) is 4.30. The van der Waals surface area contributed by atoms with Gasteiger partial charge in [-0.2, -0.15) is 0 Å². The van der Waals surface area contributed by atoms with Crippen molar-refractivity contribution in [1.29, 1.82) is 0 Å². The van der Waals surface area contributed by atoms with E-state index >= 15 is 0 Å². The van der Waals surface area contributed by atoms with E-state index in [-0.39, 0.29) is 18.3 Å². The van der Waals surface area contributed by atoms with Gasteiger partial charge in [-0.3, -0.25) is 0 Å². The van der Waals surface area contributed by atoms with Crippen molar-refractivity contribution < 1.29 is 22.6 Å². The zero-order valence-electron chi connectivity index (χ0n) is 14.7. The number of rotatable bonds is 4. The first-order valence-electron chi connectivity index (χ1n) is 8.59. The lowest BCUT2D eigenvalue weighted by molar-refractivity contribution is -0.274. The number of aryl methyl sites for hydroxylation is 2. The standard InChI is InChI=1S/C20H16F3N3O2/c21-20(22,23)28-15-5-1-12(2-6-15)11-27-16-7-8-17-13(9-16)3-4-14-10-25-19(24)26-18(14)17/h1-2,5-10H,3-4,11H2,(H2,24,25,26). The summed E-state index contributed by atoms with van der Waals surface area (Å²) in [6.07, 6.45) is -1.27. The molecule has 0 amide bonds. The van der Waals surface area contributed by atoms with Gasteiger partial charge in [0.15, 0.2) is 0 Å². The zero-order valence-corrected chi connectivity index (χ0v) is 14.7. The van der Waals surface area contributed by atoms with Gasteiger partial charge in [-0.15, -0.1) is 13.2 Å². The Morgan fingerprint density at radius 2 is 1.68 bits per heavy atom. The number of alkyl halides is 3. The summed E-state index contributed by atoms with van der Waals surface area (Å²) >= 11 is 0. The van der Waals surface area contributed by atoms with Crippen LogP contribution >= 0.6 is 0 Å². The minimum Gasteiger partial charge on any atom is -0.489 e. The van der Waals surface area contributed by atoms with Crippen molar-refractivity contribution in [1.82, 2.24) is 9.97 Å².